The number of hydrogen-bond acceptors (Lipinski definition) is 8. The lowest BCUT2D eigenvalue weighted by molar-refractivity contribution is -0.0183. The Balaban J connectivity index is 1.75. The second-order valence-electron chi connectivity index (χ2n) is 6.87. The maximum Gasteiger partial charge on any atom is 0.376 e. The number of benzene rings is 1. The largest absolute Gasteiger partial charge is 0.463 e. The van der Waals surface area contributed by atoms with Crippen LogP contribution in [-0.4, -0.2) is 55.8 Å². The summed E-state index contributed by atoms with van der Waals surface area (Å²) in [7, 11) is 1.22. The van der Waals surface area contributed by atoms with Gasteiger partial charge in [0.1, 0.15) is 6.23 Å². The van der Waals surface area contributed by atoms with Gasteiger partial charge in [0.2, 0.25) is 5.82 Å². The van der Waals surface area contributed by atoms with E-state index in [2.05, 4.69) is 20.3 Å². The number of imidazole rings is 1. The van der Waals surface area contributed by atoms with Crippen LogP contribution in [0, 0.1) is 0 Å². The van der Waals surface area contributed by atoms with Crippen LogP contribution in [0.5, 0.6) is 0 Å². The van der Waals surface area contributed by atoms with Crippen molar-refractivity contribution in [3.63, 3.8) is 0 Å². The highest BCUT2D eigenvalue weighted by molar-refractivity contribution is 6.07. The van der Waals surface area contributed by atoms with Gasteiger partial charge in [0.15, 0.2) is 17.0 Å². The number of aliphatic hydroxyl groups is 1. The number of amides is 1. The normalized spacial score (nSPS) is 21.0. The molecule has 0 radical (unpaired) electrons. The number of esters is 1. The number of nitrogens with zero attached hydrogens (tertiary/aromatic N) is 4. The first-order valence-electron chi connectivity index (χ1n) is 9.54. The second kappa shape index (κ2) is 8.17. The van der Waals surface area contributed by atoms with Crippen molar-refractivity contribution in [2.75, 3.05) is 12.4 Å². The van der Waals surface area contributed by atoms with Gasteiger partial charge < -0.3 is 19.9 Å². The van der Waals surface area contributed by atoms with Gasteiger partial charge in [-0.2, -0.15) is 0 Å². The topological polar surface area (TPSA) is 128 Å². The van der Waals surface area contributed by atoms with E-state index in [1.54, 1.807) is 34.9 Å². The van der Waals surface area contributed by atoms with Gasteiger partial charge in [-0.25, -0.2) is 19.7 Å². The molecule has 156 valence electrons. The van der Waals surface area contributed by atoms with E-state index in [-0.39, 0.29) is 17.7 Å². The molecule has 1 aliphatic rings. The SMILES string of the molecule is CC[C@H]1O[C@@H](n2cnc3c(NC(=O)c4ccccc4)nc(C(=O)OC)nc32)CC1O. The zero-order valence-electron chi connectivity index (χ0n) is 16.5. The molecule has 1 amide bonds. The summed E-state index contributed by atoms with van der Waals surface area (Å²) in [5.74, 6) is -1.29. The Kier molecular flexibility index (Phi) is 5.42. The van der Waals surface area contributed by atoms with E-state index in [1.165, 1.54) is 13.4 Å². The van der Waals surface area contributed by atoms with Crippen LogP contribution >= 0.6 is 0 Å². The molecule has 1 aromatic carbocycles. The number of nitrogens with one attached hydrogen (secondary N) is 1. The Labute approximate surface area is 171 Å². The lowest BCUT2D eigenvalue weighted by atomic mass is 10.1. The van der Waals surface area contributed by atoms with E-state index in [1.807, 2.05) is 6.92 Å². The summed E-state index contributed by atoms with van der Waals surface area (Å²) in [6.45, 7) is 1.93. The van der Waals surface area contributed by atoms with E-state index in [9.17, 15) is 14.7 Å². The van der Waals surface area contributed by atoms with Crippen LogP contribution in [0.2, 0.25) is 0 Å². The van der Waals surface area contributed by atoms with Crippen LogP contribution in [-0.2, 0) is 9.47 Å². The van der Waals surface area contributed by atoms with Crippen molar-refractivity contribution in [1.29, 1.82) is 0 Å². The van der Waals surface area contributed by atoms with Crippen LogP contribution in [0.3, 0.4) is 0 Å². The summed E-state index contributed by atoms with van der Waals surface area (Å²) >= 11 is 0. The van der Waals surface area contributed by atoms with Gasteiger partial charge >= 0.3 is 5.97 Å². The van der Waals surface area contributed by atoms with Crippen LogP contribution in [0.15, 0.2) is 36.7 Å². The average Bonchev–Trinajstić information content (AvgIpc) is 3.36. The van der Waals surface area contributed by atoms with Crippen LogP contribution < -0.4 is 5.32 Å². The first-order valence-corrected chi connectivity index (χ1v) is 9.54. The standard InChI is InChI=1S/C20H21N5O5/c1-3-13-12(26)9-14(30-13)25-10-21-15-16(22-17(20(28)29-2)23-18(15)25)24-19(27)11-7-5-4-6-8-11/h4-8,10,12-14,26H,3,9H2,1-2H3,(H,22,23,24,27)/t12?,13-,14-/m1/s1. The summed E-state index contributed by atoms with van der Waals surface area (Å²) in [4.78, 5) is 37.5. The Morgan fingerprint density at radius 3 is 2.73 bits per heavy atom. The van der Waals surface area contributed by atoms with Crippen LogP contribution in [0.25, 0.3) is 11.2 Å². The van der Waals surface area contributed by atoms with Gasteiger partial charge in [-0.3, -0.25) is 9.36 Å². The minimum absolute atomic E-state index is 0.0820. The fraction of sp³-hybridized carbons (Fsp3) is 0.350. The third-order valence-electron chi connectivity index (χ3n) is 4.97. The first-order chi connectivity index (χ1) is 14.5. The summed E-state index contributed by atoms with van der Waals surface area (Å²) < 4.78 is 12.3. The zero-order chi connectivity index (χ0) is 21.3. The molecule has 0 aliphatic carbocycles. The number of hydrogen-bond donors (Lipinski definition) is 2. The third kappa shape index (κ3) is 3.62. The highest BCUT2D eigenvalue weighted by atomic mass is 16.5. The van der Waals surface area contributed by atoms with E-state index in [4.69, 9.17) is 9.47 Å². The quantitative estimate of drug-likeness (QED) is 0.610. The predicted molar refractivity (Wildman–Crippen MR) is 106 cm³/mol. The number of rotatable bonds is 5. The molecule has 1 unspecified atom stereocenters. The lowest BCUT2D eigenvalue weighted by Crippen LogP contribution is -2.19. The number of aliphatic hydroxyl groups excluding tert-OH is 1. The van der Waals surface area contributed by atoms with Crippen molar-refractivity contribution in [1.82, 2.24) is 19.5 Å². The Hall–Kier alpha value is -3.37. The molecule has 1 aliphatic heterocycles. The molecule has 2 N–H and O–H groups in total. The van der Waals surface area contributed by atoms with E-state index in [0.29, 0.717) is 29.6 Å². The first kappa shape index (κ1) is 19.9. The molecule has 3 atom stereocenters. The van der Waals surface area contributed by atoms with Crippen molar-refractivity contribution in [2.24, 2.45) is 0 Å². The molecule has 0 bridgehead atoms. The van der Waals surface area contributed by atoms with E-state index >= 15 is 0 Å². The maximum absolute atomic E-state index is 12.6. The summed E-state index contributed by atoms with van der Waals surface area (Å²) in [5.41, 5.74) is 1.02. The number of anilines is 1. The zero-order valence-corrected chi connectivity index (χ0v) is 16.5. The molecule has 10 nitrogen and oxygen atoms in total. The molecule has 3 aromatic rings. The van der Waals surface area contributed by atoms with Crippen LogP contribution in [0.1, 0.15) is 47.0 Å². The molecule has 10 heteroatoms. The van der Waals surface area contributed by atoms with Gasteiger partial charge in [0.05, 0.1) is 25.6 Å². The van der Waals surface area contributed by atoms with Gasteiger partial charge in [0.25, 0.3) is 5.91 Å². The fourth-order valence-electron chi connectivity index (χ4n) is 3.42. The highest BCUT2D eigenvalue weighted by Gasteiger charge is 2.35. The summed E-state index contributed by atoms with van der Waals surface area (Å²) in [6.07, 6.45) is 1.09. The van der Waals surface area contributed by atoms with Gasteiger partial charge in [-0.1, -0.05) is 25.1 Å². The Morgan fingerprint density at radius 1 is 1.30 bits per heavy atom. The van der Waals surface area contributed by atoms with Gasteiger partial charge in [0, 0.05) is 12.0 Å². The molecule has 1 saturated heterocycles. The molecule has 2 aromatic heterocycles. The molecule has 4 rings (SSSR count). The van der Waals surface area contributed by atoms with Crippen molar-refractivity contribution in [3.05, 3.63) is 48.0 Å². The van der Waals surface area contributed by atoms with Crippen molar-refractivity contribution in [2.45, 2.75) is 38.2 Å². The predicted octanol–water partition coefficient (Wildman–Crippen LogP) is 1.92. The molecule has 3 heterocycles. The Bertz CT molecular complexity index is 1080. The maximum atomic E-state index is 12.6. The number of methoxy groups -OCH3 is 1. The molecule has 0 spiro atoms. The Morgan fingerprint density at radius 2 is 2.07 bits per heavy atom. The molecule has 0 saturated carbocycles. The number of aromatic nitrogens is 4. The van der Waals surface area contributed by atoms with Crippen molar-refractivity contribution < 1.29 is 24.2 Å². The number of carbonyl (C=O) groups is 2. The minimum Gasteiger partial charge on any atom is -0.463 e. The van der Waals surface area contributed by atoms with Crippen molar-refractivity contribution in [3.8, 4) is 0 Å². The number of fused-ring (bicyclic) bond motifs is 1. The monoisotopic (exact) mass is 411 g/mol. The molecular formula is C20H21N5O5. The lowest BCUT2D eigenvalue weighted by Gasteiger charge is -2.14. The third-order valence-corrected chi connectivity index (χ3v) is 4.97. The van der Waals surface area contributed by atoms with Crippen molar-refractivity contribution >= 4 is 28.9 Å². The number of carbonyl (C=O) groups excluding carboxylic acids is 2. The van der Waals surface area contributed by atoms with Gasteiger partial charge in [-0.05, 0) is 18.6 Å². The van der Waals surface area contributed by atoms with E-state index < -0.39 is 24.2 Å². The fourth-order valence-corrected chi connectivity index (χ4v) is 3.42. The van der Waals surface area contributed by atoms with Crippen LogP contribution in [0.4, 0.5) is 5.82 Å². The molecule has 1 fully saturated rings. The minimum atomic E-state index is -0.751. The molecular weight excluding hydrogens is 390 g/mol. The summed E-state index contributed by atoms with van der Waals surface area (Å²) in [6, 6.07) is 8.60. The second-order valence-corrected chi connectivity index (χ2v) is 6.87. The smallest absolute Gasteiger partial charge is 0.376 e. The van der Waals surface area contributed by atoms with Gasteiger partial charge in [-0.15, -0.1) is 0 Å². The molecule has 30 heavy (non-hydrogen) atoms. The highest BCUT2D eigenvalue weighted by Crippen LogP contribution is 2.33. The average molecular weight is 411 g/mol. The summed E-state index contributed by atoms with van der Waals surface area (Å²) in [5, 5.41) is 12.9. The number of ether oxygens (including phenoxy) is 2. The van der Waals surface area contributed by atoms with E-state index in [0.717, 1.165) is 0 Å².